The summed E-state index contributed by atoms with van der Waals surface area (Å²) in [5.74, 6) is 0.187. The fraction of sp³-hybridized carbons (Fsp3) is 0.200. The number of benzene rings is 5. The number of carbonyl (C=O) groups is 2. The number of rotatable bonds is 10. The van der Waals surface area contributed by atoms with Crippen molar-refractivity contribution in [2.45, 2.75) is 31.7 Å². The first-order chi connectivity index (χ1) is 22.4. The summed E-state index contributed by atoms with van der Waals surface area (Å²) in [6, 6.07) is 41.4. The summed E-state index contributed by atoms with van der Waals surface area (Å²) in [7, 11) is 0. The first-order valence-electron chi connectivity index (χ1n) is 15.7. The number of hydrogen-bond donors (Lipinski definition) is 1. The topological polar surface area (TPSA) is 49.4 Å². The molecular weight excluding hydrogens is 611 g/mol. The van der Waals surface area contributed by atoms with Crippen molar-refractivity contribution >= 4 is 40.6 Å². The van der Waals surface area contributed by atoms with Gasteiger partial charge in [-0.2, -0.15) is 0 Å². The largest absolute Gasteiger partial charge is 0.372 e. The lowest BCUT2D eigenvalue weighted by molar-refractivity contribution is -0.124. The molecule has 1 atom stereocenters. The van der Waals surface area contributed by atoms with Gasteiger partial charge in [0.1, 0.15) is 0 Å². The highest BCUT2D eigenvalue weighted by atomic mass is 35.5. The van der Waals surface area contributed by atoms with E-state index < -0.39 is 0 Å². The fourth-order valence-electron chi connectivity index (χ4n) is 6.48. The van der Waals surface area contributed by atoms with Crippen molar-refractivity contribution < 1.29 is 9.59 Å². The number of piperidine rings is 1. The number of nitrogens with one attached hydrogen (secondary N) is 1. The van der Waals surface area contributed by atoms with Gasteiger partial charge >= 0.3 is 0 Å². The monoisotopic (exact) mass is 646 g/mol. The number of amides is 1. The molecule has 1 saturated heterocycles. The molecule has 1 heterocycles. The van der Waals surface area contributed by atoms with E-state index in [0.717, 1.165) is 59.4 Å². The zero-order valence-electron chi connectivity index (χ0n) is 25.5. The molecule has 0 aromatic heterocycles. The Morgan fingerprint density at radius 2 is 1.33 bits per heavy atom. The molecule has 1 aliphatic heterocycles. The number of carbonyl (C=O) groups excluding carboxylic acids is 2. The Bertz CT molecular complexity index is 1760. The number of hydrogen-bond acceptors (Lipinski definition) is 3. The fourth-order valence-corrected chi connectivity index (χ4v) is 7.00. The molecule has 1 N–H and O–H groups in total. The maximum absolute atomic E-state index is 13.6. The van der Waals surface area contributed by atoms with Crippen LogP contribution in [0.1, 0.15) is 45.8 Å². The molecule has 232 valence electrons. The molecule has 1 aliphatic rings. The van der Waals surface area contributed by atoms with Gasteiger partial charge < -0.3 is 10.2 Å². The average molecular weight is 648 g/mol. The third kappa shape index (κ3) is 7.70. The zero-order valence-corrected chi connectivity index (χ0v) is 27.1. The second-order valence-corrected chi connectivity index (χ2v) is 12.8. The molecule has 6 rings (SSSR count). The van der Waals surface area contributed by atoms with Crippen LogP contribution in [0, 0.1) is 5.92 Å². The molecule has 1 fully saturated rings. The Morgan fingerprint density at radius 3 is 2.00 bits per heavy atom. The van der Waals surface area contributed by atoms with E-state index in [1.54, 1.807) is 6.07 Å². The molecular formula is C40H36Cl2N2O2. The van der Waals surface area contributed by atoms with E-state index >= 15 is 0 Å². The van der Waals surface area contributed by atoms with E-state index in [1.165, 1.54) is 0 Å². The first kappa shape index (κ1) is 31.6. The van der Waals surface area contributed by atoms with Gasteiger partial charge in [-0.15, -0.1) is 0 Å². The van der Waals surface area contributed by atoms with Crippen LogP contribution in [-0.4, -0.2) is 24.8 Å². The van der Waals surface area contributed by atoms with Crippen LogP contribution >= 0.6 is 23.2 Å². The van der Waals surface area contributed by atoms with Gasteiger partial charge in [-0.25, -0.2) is 0 Å². The predicted molar refractivity (Wildman–Crippen MR) is 189 cm³/mol. The van der Waals surface area contributed by atoms with Crippen molar-refractivity contribution in [3.05, 3.63) is 160 Å². The van der Waals surface area contributed by atoms with Crippen LogP contribution < -0.4 is 10.2 Å². The molecule has 6 heteroatoms. The van der Waals surface area contributed by atoms with Gasteiger partial charge in [0, 0.05) is 47.4 Å². The second-order valence-electron chi connectivity index (χ2n) is 11.9. The smallest absolute Gasteiger partial charge is 0.228 e. The number of ketones is 1. The van der Waals surface area contributed by atoms with Gasteiger partial charge in [-0.1, -0.05) is 120 Å². The van der Waals surface area contributed by atoms with Crippen molar-refractivity contribution in [3.63, 3.8) is 0 Å². The third-order valence-electron chi connectivity index (χ3n) is 8.83. The van der Waals surface area contributed by atoms with Crippen molar-refractivity contribution in [1.29, 1.82) is 0 Å². The Labute approximate surface area is 281 Å². The minimum absolute atomic E-state index is 0.0396. The summed E-state index contributed by atoms with van der Waals surface area (Å²) in [6.07, 6.45) is 2.14. The van der Waals surface area contributed by atoms with E-state index in [-0.39, 0.29) is 23.5 Å². The third-order valence-corrected chi connectivity index (χ3v) is 9.27. The molecule has 0 aliphatic carbocycles. The SMILES string of the molecule is O=C(Cc1ccc(N2CCC(C(C(=O)NCc3ccccc3)c3ccccc3)CC2)cc1)c1ccccc1-c1cc(Cl)cc(Cl)c1. The quantitative estimate of drug-likeness (QED) is 0.154. The molecule has 1 amide bonds. The van der Waals surface area contributed by atoms with Crippen LogP contribution in [0.25, 0.3) is 11.1 Å². The van der Waals surface area contributed by atoms with Gasteiger partial charge in [0.15, 0.2) is 5.78 Å². The summed E-state index contributed by atoms with van der Waals surface area (Å²) in [5, 5.41) is 4.26. The van der Waals surface area contributed by atoms with Crippen LogP contribution in [0.2, 0.25) is 10.0 Å². The molecule has 1 unspecified atom stereocenters. The lowest BCUT2D eigenvalue weighted by atomic mass is 9.79. The minimum atomic E-state index is -0.189. The molecule has 0 spiro atoms. The molecule has 46 heavy (non-hydrogen) atoms. The molecule has 0 radical (unpaired) electrons. The Balaban J connectivity index is 1.09. The van der Waals surface area contributed by atoms with Crippen LogP contribution in [-0.2, 0) is 17.8 Å². The van der Waals surface area contributed by atoms with Crippen LogP contribution in [0.4, 0.5) is 5.69 Å². The van der Waals surface area contributed by atoms with E-state index in [9.17, 15) is 9.59 Å². The lowest BCUT2D eigenvalue weighted by Crippen LogP contribution is -2.40. The van der Waals surface area contributed by atoms with Gasteiger partial charge in [-0.05, 0) is 76.9 Å². The summed E-state index contributed by atoms with van der Waals surface area (Å²) in [4.78, 5) is 29.4. The van der Waals surface area contributed by atoms with Crippen molar-refractivity contribution in [2.24, 2.45) is 5.92 Å². The van der Waals surface area contributed by atoms with Gasteiger partial charge in [0.2, 0.25) is 5.91 Å². The Hall–Kier alpha value is -4.38. The van der Waals surface area contributed by atoms with Crippen LogP contribution in [0.3, 0.4) is 0 Å². The Kier molecular flexibility index (Phi) is 10.2. The van der Waals surface area contributed by atoms with Gasteiger partial charge in [0.05, 0.1) is 5.92 Å². The number of Topliss-reactive ketones (excluding diaryl/α,β-unsaturated/α-hetero) is 1. The van der Waals surface area contributed by atoms with Crippen LogP contribution in [0.15, 0.2) is 127 Å². The maximum Gasteiger partial charge on any atom is 0.228 e. The van der Waals surface area contributed by atoms with Crippen LogP contribution in [0.5, 0.6) is 0 Å². The van der Waals surface area contributed by atoms with Gasteiger partial charge in [-0.3, -0.25) is 9.59 Å². The predicted octanol–water partition coefficient (Wildman–Crippen LogP) is 9.40. The Morgan fingerprint density at radius 1 is 0.717 bits per heavy atom. The molecule has 5 aromatic rings. The van der Waals surface area contributed by atoms with E-state index in [2.05, 4.69) is 34.5 Å². The highest BCUT2D eigenvalue weighted by Gasteiger charge is 2.32. The first-order valence-corrected chi connectivity index (χ1v) is 16.5. The molecule has 0 bridgehead atoms. The summed E-state index contributed by atoms with van der Waals surface area (Å²) in [6.45, 7) is 2.26. The number of anilines is 1. The summed E-state index contributed by atoms with van der Waals surface area (Å²) in [5.41, 5.74) is 6.55. The number of nitrogens with zero attached hydrogens (tertiary/aromatic N) is 1. The minimum Gasteiger partial charge on any atom is -0.372 e. The highest BCUT2D eigenvalue weighted by molar-refractivity contribution is 6.35. The second kappa shape index (κ2) is 14.8. The van der Waals surface area contributed by atoms with E-state index in [4.69, 9.17) is 23.2 Å². The van der Waals surface area contributed by atoms with E-state index in [0.29, 0.717) is 28.6 Å². The lowest BCUT2D eigenvalue weighted by Gasteiger charge is -2.37. The maximum atomic E-state index is 13.6. The van der Waals surface area contributed by atoms with Crippen molar-refractivity contribution in [2.75, 3.05) is 18.0 Å². The highest BCUT2D eigenvalue weighted by Crippen LogP contribution is 2.35. The molecule has 5 aromatic carbocycles. The van der Waals surface area contributed by atoms with E-state index in [1.807, 2.05) is 97.1 Å². The standard InChI is InChI=1S/C40H36Cl2N2O2/c41-33-24-32(25-34(42)26-33)36-13-7-8-14-37(36)38(45)23-28-15-17-35(18-16-28)44-21-19-31(20-22-44)39(30-11-5-2-6-12-30)40(46)43-27-29-9-3-1-4-10-29/h1-18,24-26,31,39H,19-23,27H2,(H,43,46). The summed E-state index contributed by atoms with van der Waals surface area (Å²) < 4.78 is 0. The number of halogens is 2. The van der Waals surface area contributed by atoms with Crippen molar-refractivity contribution in [3.8, 4) is 11.1 Å². The average Bonchev–Trinajstić information content (AvgIpc) is 3.09. The molecule has 4 nitrogen and oxygen atoms in total. The summed E-state index contributed by atoms with van der Waals surface area (Å²) >= 11 is 12.5. The molecule has 0 saturated carbocycles. The normalized spacial score (nSPS) is 14.1. The van der Waals surface area contributed by atoms with Crippen molar-refractivity contribution in [1.82, 2.24) is 5.32 Å². The van der Waals surface area contributed by atoms with Gasteiger partial charge in [0.25, 0.3) is 0 Å². The zero-order chi connectivity index (χ0) is 31.9.